The third kappa shape index (κ3) is 7.86. The van der Waals surface area contributed by atoms with Crippen LogP contribution in [0.1, 0.15) is 45.4 Å². The SMILES string of the molecule is CCCCC[NH+]1CCCCC1.O=S(=O)([N-]S(=O)(=O)C(F)(F)C(F)(F)F)C(F)(F)C(F)(F)F. The van der Waals surface area contributed by atoms with Crippen molar-refractivity contribution in [3.63, 3.8) is 0 Å². The summed E-state index contributed by atoms with van der Waals surface area (Å²) in [5.74, 6) is 0. The molecule has 0 aliphatic carbocycles. The molecular formula is C14H22F10N2O4S2. The third-order valence-electron chi connectivity index (χ3n) is 4.20. The summed E-state index contributed by atoms with van der Waals surface area (Å²) in [6.07, 6.45) is -5.32. The maximum absolute atomic E-state index is 12.3. The number of nitrogens with zero attached hydrogens (tertiary/aromatic N) is 1. The molecule has 194 valence electrons. The molecule has 0 amide bonds. The normalized spacial score (nSPS) is 17.6. The minimum absolute atomic E-state index is 0.422. The van der Waals surface area contributed by atoms with Crippen molar-refractivity contribution in [1.29, 1.82) is 0 Å². The maximum Gasteiger partial charge on any atom is 0.467 e. The van der Waals surface area contributed by atoms with Gasteiger partial charge < -0.3 is 9.03 Å². The molecule has 1 saturated heterocycles. The smallest absolute Gasteiger partial charge is 0.425 e. The molecule has 6 nitrogen and oxygen atoms in total. The van der Waals surface area contributed by atoms with E-state index < -0.39 is 42.9 Å². The molecule has 0 aromatic heterocycles. The first-order valence-electron chi connectivity index (χ1n) is 9.10. The summed E-state index contributed by atoms with van der Waals surface area (Å²) in [6.45, 7) is 6.62. The van der Waals surface area contributed by atoms with Gasteiger partial charge in [0.05, 0.1) is 19.6 Å². The highest BCUT2D eigenvalue weighted by molar-refractivity contribution is 8.13. The van der Waals surface area contributed by atoms with Crippen LogP contribution in [0, 0.1) is 0 Å². The minimum atomic E-state index is -7.62. The van der Waals surface area contributed by atoms with Crippen LogP contribution in [-0.4, -0.2) is 59.3 Å². The molecule has 0 atom stereocenters. The Morgan fingerprint density at radius 2 is 1.06 bits per heavy atom. The highest BCUT2D eigenvalue weighted by Crippen LogP contribution is 2.47. The Morgan fingerprint density at radius 3 is 1.38 bits per heavy atom. The number of rotatable bonds is 8. The summed E-state index contributed by atoms with van der Waals surface area (Å²) < 4.78 is 161. The van der Waals surface area contributed by atoms with Crippen molar-refractivity contribution in [3.05, 3.63) is 4.13 Å². The second-order valence-electron chi connectivity index (χ2n) is 6.82. The molecule has 1 heterocycles. The van der Waals surface area contributed by atoms with Gasteiger partial charge in [-0.15, -0.1) is 0 Å². The Labute approximate surface area is 178 Å². The standard InChI is InChI=1S/C10H21N.C4F10NO4S2/c1-2-3-5-8-11-9-6-4-7-10-11;5-1(6,7)3(11,12)20(16,17)15-21(18,19)4(13,14)2(8,9)10/h2-10H2,1H3;/q;-1/p+1. The highest BCUT2D eigenvalue weighted by atomic mass is 32.3. The average molecular weight is 536 g/mol. The van der Waals surface area contributed by atoms with Crippen LogP contribution in [0.15, 0.2) is 0 Å². The first-order valence-corrected chi connectivity index (χ1v) is 12.0. The van der Waals surface area contributed by atoms with Crippen LogP contribution in [0.5, 0.6) is 0 Å². The van der Waals surface area contributed by atoms with Gasteiger partial charge in [0.1, 0.15) is 0 Å². The van der Waals surface area contributed by atoms with Gasteiger partial charge in [0.25, 0.3) is 0 Å². The van der Waals surface area contributed by atoms with Crippen molar-refractivity contribution < 1.29 is 65.6 Å². The molecule has 0 unspecified atom stereocenters. The lowest BCUT2D eigenvalue weighted by atomic mass is 10.1. The summed E-state index contributed by atoms with van der Waals surface area (Å²) in [4.78, 5) is 1.87. The number of sulfonamides is 2. The molecular weight excluding hydrogens is 514 g/mol. The van der Waals surface area contributed by atoms with Gasteiger partial charge >= 0.3 is 22.9 Å². The van der Waals surface area contributed by atoms with Crippen molar-refractivity contribution in [2.45, 2.75) is 68.3 Å². The number of hydrogen-bond donors (Lipinski definition) is 1. The van der Waals surface area contributed by atoms with Gasteiger partial charge in [-0.25, -0.2) is 16.8 Å². The van der Waals surface area contributed by atoms with E-state index in [1.165, 1.54) is 58.2 Å². The van der Waals surface area contributed by atoms with Crippen LogP contribution in [0.4, 0.5) is 43.9 Å². The Kier molecular flexibility index (Phi) is 10.7. The number of unbranched alkanes of at least 4 members (excludes halogenated alkanes) is 2. The molecule has 1 N–H and O–H groups in total. The van der Waals surface area contributed by atoms with Crippen LogP contribution in [0.2, 0.25) is 0 Å². The number of piperidine rings is 1. The van der Waals surface area contributed by atoms with Crippen molar-refractivity contribution in [2.75, 3.05) is 19.6 Å². The van der Waals surface area contributed by atoms with E-state index in [-0.39, 0.29) is 0 Å². The average Bonchev–Trinajstić information content (AvgIpc) is 2.60. The predicted molar refractivity (Wildman–Crippen MR) is 92.1 cm³/mol. The van der Waals surface area contributed by atoms with E-state index in [0.29, 0.717) is 4.13 Å². The number of halogens is 10. The highest BCUT2D eigenvalue weighted by Gasteiger charge is 2.68. The zero-order valence-corrected chi connectivity index (χ0v) is 18.2. The number of nitrogens with one attached hydrogen (secondary N) is 1. The zero-order valence-electron chi connectivity index (χ0n) is 16.5. The second kappa shape index (κ2) is 11.0. The fourth-order valence-electron chi connectivity index (χ4n) is 2.44. The van der Waals surface area contributed by atoms with Crippen LogP contribution < -0.4 is 4.90 Å². The maximum atomic E-state index is 12.3. The lowest BCUT2D eigenvalue weighted by Gasteiger charge is -2.31. The third-order valence-corrected chi connectivity index (χ3v) is 7.53. The molecule has 1 rings (SSSR count). The first-order chi connectivity index (χ1) is 14.1. The van der Waals surface area contributed by atoms with E-state index in [0.717, 1.165) is 0 Å². The summed E-state index contributed by atoms with van der Waals surface area (Å²) in [5.41, 5.74) is 0. The molecule has 18 heteroatoms. The molecule has 1 fully saturated rings. The van der Waals surface area contributed by atoms with Gasteiger partial charge in [-0.3, -0.25) is 0 Å². The van der Waals surface area contributed by atoms with E-state index in [1.807, 2.05) is 4.90 Å². The van der Waals surface area contributed by atoms with Crippen molar-refractivity contribution in [3.8, 4) is 0 Å². The Balaban J connectivity index is 0.000000726. The molecule has 32 heavy (non-hydrogen) atoms. The Bertz CT molecular complexity index is 735. The van der Waals surface area contributed by atoms with Crippen LogP contribution in [0.3, 0.4) is 0 Å². The minimum Gasteiger partial charge on any atom is -0.425 e. The van der Waals surface area contributed by atoms with Gasteiger partial charge in [0.15, 0.2) is 20.0 Å². The van der Waals surface area contributed by atoms with E-state index >= 15 is 0 Å². The topological polar surface area (TPSA) is 86.8 Å². The Morgan fingerprint density at radius 1 is 0.688 bits per heavy atom. The van der Waals surface area contributed by atoms with Crippen LogP contribution in [-0.2, 0) is 20.0 Å². The second-order valence-corrected chi connectivity index (χ2v) is 10.3. The summed E-state index contributed by atoms with van der Waals surface area (Å²) >= 11 is 0. The first kappa shape index (κ1) is 31.1. The molecule has 0 radical (unpaired) electrons. The van der Waals surface area contributed by atoms with E-state index in [1.54, 1.807) is 0 Å². The predicted octanol–water partition coefficient (Wildman–Crippen LogP) is 3.58. The molecule has 0 aromatic rings. The van der Waals surface area contributed by atoms with E-state index in [9.17, 15) is 60.7 Å². The van der Waals surface area contributed by atoms with E-state index in [4.69, 9.17) is 0 Å². The van der Waals surface area contributed by atoms with Gasteiger partial charge in [-0.05, 0) is 32.1 Å². The molecule has 0 saturated carbocycles. The van der Waals surface area contributed by atoms with Crippen LogP contribution >= 0.6 is 0 Å². The summed E-state index contributed by atoms with van der Waals surface area (Å²) in [7, 11) is -15.2. The number of quaternary nitrogens is 1. The largest absolute Gasteiger partial charge is 0.467 e. The van der Waals surface area contributed by atoms with Gasteiger partial charge in [0, 0.05) is 0 Å². The van der Waals surface area contributed by atoms with Gasteiger partial charge in [-0.1, -0.05) is 13.3 Å². The lowest BCUT2D eigenvalue weighted by molar-refractivity contribution is -0.905. The number of likely N-dealkylation sites (tertiary alicyclic amines) is 1. The van der Waals surface area contributed by atoms with Crippen molar-refractivity contribution in [1.82, 2.24) is 0 Å². The van der Waals surface area contributed by atoms with E-state index in [2.05, 4.69) is 6.92 Å². The zero-order chi connectivity index (χ0) is 25.6. The van der Waals surface area contributed by atoms with Crippen molar-refractivity contribution in [2.24, 2.45) is 0 Å². The quantitative estimate of drug-likeness (QED) is 0.380. The molecule has 1 aliphatic rings. The molecule has 1 aliphatic heterocycles. The van der Waals surface area contributed by atoms with Crippen molar-refractivity contribution >= 4 is 20.0 Å². The fourth-order valence-corrected chi connectivity index (χ4v) is 4.81. The molecule has 0 aromatic carbocycles. The number of hydrogen-bond acceptors (Lipinski definition) is 4. The summed E-state index contributed by atoms with van der Waals surface area (Å²) in [5, 5.41) is -14.0. The molecule has 0 spiro atoms. The monoisotopic (exact) mass is 536 g/mol. The van der Waals surface area contributed by atoms with Gasteiger partial charge in [-0.2, -0.15) is 43.9 Å². The molecule has 0 bridgehead atoms. The Hall–Kier alpha value is -0.880. The van der Waals surface area contributed by atoms with Crippen LogP contribution in [0.25, 0.3) is 4.13 Å². The number of alkyl halides is 10. The summed E-state index contributed by atoms with van der Waals surface area (Å²) in [6, 6.07) is 0. The fraction of sp³-hybridized carbons (Fsp3) is 1.00. The van der Waals surface area contributed by atoms with Gasteiger partial charge in [0.2, 0.25) is 0 Å². The lowest BCUT2D eigenvalue weighted by Crippen LogP contribution is -3.12.